The zero-order valence-corrected chi connectivity index (χ0v) is 14.0. The number of amides is 3. The number of nitrogens with one attached hydrogen (secondary N) is 1. The highest BCUT2D eigenvalue weighted by Crippen LogP contribution is 2.47. The SMILES string of the molecule is O=C(NC[C@H]1C[C@H]2CC[C@H]1C2)N1CCC[C@@H](N2CCCC2=O)C1. The van der Waals surface area contributed by atoms with Crippen LogP contribution >= 0.6 is 0 Å². The van der Waals surface area contributed by atoms with E-state index in [-0.39, 0.29) is 18.0 Å². The first-order valence-corrected chi connectivity index (χ1v) is 9.53. The Balaban J connectivity index is 1.27. The fourth-order valence-corrected chi connectivity index (χ4v) is 5.41. The van der Waals surface area contributed by atoms with Crippen LogP contribution in [0.2, 0.25) is 0 Å². The molecular formula is C18H29N3O2. The van der Waals surface area contributed by atoms with Crippen molar-refractivity contribution in [3.63, 3.8) is 0 Å². The quantitative estimate of drug-likeness (QED) is 0.867. The second kappa shape index (κ2) is 6.33. The summed E-state index contributed by atoms with van der Waals surface area (Å²) in [5.74, 6) is 2.77. The first kappa shape index (κ1) is 15.3. The first-order valence-electron chi connectivity index (χ1n) is 9.53. The lowest BCUT2D eigenvalue weighted by molar-refractivity contribution is -0.130. The van der Waals surface area contributed by atoms with Gasteiger partial charge in [-0.25, -0.2) is 4.79 Å². The Labute approximate surface area is 138 Å². The lowest BCUT2D eigenvalue weighted by atomic mass is 9.89. The molecule has 0 aromatic rings. The van der Waals surface area contributed by atoms with Crippen LogP contribution in [0.1, 0.15) is 51.4 Å². The molecule has 0 spiro atoms. The minimum atomic E-state index is 0.0871. The van der Waals surface area contributed by atoms with Gasteiger partial charge in [0.2, 0.25) is 5.91 Å². The van der Waals surface area contributed by atoms with Gasteiger partial charge in [-0.2, -0.15) is 0 Å². The maximum absolute atomic E-state index is 12.5. The van der Waals surface area contributed by atoms with Crippen molar-refractivity contribution in [2.75, 3.05) is 26.2 Å². The number of fused-ring (bicyclic) bond motifs is 2. The van der Waals surface area contributed by atoms with Crippen molar-refractivity contribution in [3.05, 3.63) is 0 Å². The molecule has 2 aliphatic heterocycles. The van der Waals surface area contributed by atoms with E-state index in [0.717, 1.165) is 50.7 Å². The van der Waals surface area contributed by atoms with Crippen molar-refractivity contribution in [2.24, 2.45) is 17.8 Å². The molecule has 4 rings (SSSR count). The average molecular weight is 319 g/mol. The predicted octanol–water partition coefficient (Wildman–Crippen LogP) is 2.22. The number of hydrogen-bond acceptors (Lipinski definition) is 2. The summed E-state index contributed by atoms with van der Waals surface area (Å²) in [6.07, 6.45) is 9.21. The summed E-state index contributed by atoms with van der Waals surface area (Å²) >= 11 is 0. The number of carbonyl (C=O) groups is 2. The van der Waals surface area contributed by atoms with Gasteiger partial charge < -0.3 is 15.1 Å². The van der Waals surface area contributed by atoms with Crippen LogP contribution in [-0.2, 0) is 4.79 Å². The Morgan fingerprint density at radius 1 is 1.13 bits per heavy atom. The van der Waals surface area contributed by atoms with Gasteiger partial charge >= 0.3 is 6.03 Å². The van der Waals surface area contributed by atoms with Crippen molar-refractivity contribution in [1.29, 1.82) is 0 Å². The maximum Gasteiger partial charge on any atom is 0.317 e. The molecule has 5 heteroatoms. The number of urea groups is 1. The number of carbonyl (C=O) groups excluding carboxylic acids is 2. The molecule has 128 valence electrons. The fraction of sp³-hybridized carbons (Fsp3) is 0.889. The first-order chi connectivity index (χ1) is 11.2. The van der Waals surface area contributed by atoms with E-state index in [1.54, 1.807) is 0 Å². The molecule has 2 aliphatic carbocycles. The Kier molecular flexibility index (Phi) is 4.20. The lowest BCUT2D eigenvalue weighted by Gasteiger charge is -2.37. The van der Waals surface area contributed by atoms with Gasteiger partial charge in [-0.1, -0.05) is 6.42 Å². The van der Waals surface area contributed by atoms with Crippen LogP contribution in [-0.4, -0.2) is 54.0 Å². The summed E-state index contributed by atoms with van der Waals surface area (Å²) < 4.78 is 0. The Morgan fingerprint density at radius 2 is 2.04 bits per heavy atom. The molecule has 0 aromatic heterocycles. The van der Waals surface area contributed by atoms with Crippen molar-refractivity contribution in [2.45, 2.75) is 57.4 Å². The van der Waals surface area contributed by atoms with Crippen molar-refractivity contribution < 1.29 is 9.59 Å². The molecule has 4 aliphatic rings. The van der Waals surface area contributed by atoms with Crippen LogP contribution in [0.5, 0.6) is 0 Å². The summed E-state index contributed by atoms with van der Waals surface area (Å²) in [5, 5.41) is 3.19. The molecular weight excluding hydrogens is 290 g/mol. The van der Waals surface area contributed by atoms with E-state index in [4.69, 9.17) is 0 Å². The third-order valence-electron chi connectivity index (χ3n) is 6.63. The fourth-order valence-electron chi connectivity index (χ4n) is 5.41. The zero-order valence-electron chi connectivity index (χ0n) is 14.0. The van der Waals surface area contributed by atoms with E-state index >= 15 is 0 Å². The van der Waals surface area contributed by atoms with E-state index in [1.807, 2.05) is 9.80 Å². The van der Waals surface area contributed by atoms with Crippen molar-refractivity contribution in [3.8, 4) is 0 Å². The van der Waals surface area contributed by atoms with Gasteiger partial charge in [0.25, 0.3) is 0 Å². The smallest absolute Gasteiger partial charge is 0.317 e. The van der Waals surface area contributed by atoms with Gasteiger partial charge in [0, 0.05) is 38.6 Å². The Bertz CT molecular complexity index is 481. The zero-order chi connectivity index (χ0) is 15.8. The van der Waals surface area contributed by atoms with Crippen LogP contribution in [0.25, 0.3) is 0 Å². The molecule has 4 atom stereocenters. The van der Waals surface area contributed by atoms with Crippen molar-refractivity contribution in [1.82, 2.24) is 15.1 Å². The molecule has 0 aromatic carbocycles. The molecule has 2 saturated heterocycles. The molecule has 23 heavy (non-hydrogen) atoms. The summed E-state index contributed by atoms with van der Waals surface area (Å²) in [5.41, 5.74) is 0. The summed E-state index contributed by atoms with van der Waals surface area (Å²) in [7, 11) is 0. The second-order valence-corrected chi connectivity index (χ2v) is 8.05. The normalized spacial score (nSPS) is 36.8. The number of likely N-dealkylation sites (tertiary alicyclic amines) is 2. The van der Waals surface area contributed by atoms with E-state index in [1.165, 1.54) is 25.7 Å². The highest BCUT2D eigenvalue weighted by atomic mass is 16.2. The third kappa shape index (κ3) is 3.07. The molecule has 0 unspecified atom stereocenters. The highest BCUT2D eigenvalue weighted by Gasteiger charge is 2.39. The molecule has 3 amide bonds. The number of rotatable bonds is 3. The van der Waals surface area contributed by atoms with Crippen molar-refractivity contribution >= 4 is 11.9 Å². The largest absolute Gasteiger partial charge is 0.338 e. The van der Waals surface area contributed by atoms with Gasteiger partial charge in [-0.3, -0.25) is 4.79 Å². The van der Waals surface area contributed by atoms with E-state index in [2.05, 4.69) is 5.32 Å². The summed E-state index contributed by atoms with van der Waals surface area (Å²) in [6, 6.07) is 0.330. The Morgan fingerprint density at radius 3 is 2.74 bits per heavy atom. The predicted molar refractivity (Wildman–Crippen MR) is 87.9 cm³/mol. The summed E-state index contributed by atoms with van der Waals surface area (Å²) in [6.45, 7) is 3.28. The molecule has 5 nitrogen and oxygen atoms in total. The monoisotopic (exact) mass is 319 g/mol. The van der Waals surface area contributed by atoms with E-state index < -0.39 is 0 Å². The molecule has 4 fully saturated rings. The standard InChI is InChI=1S/C18H29N3O2/c22-17-4-2-8-21(17)16-3-1-7-20(12-16)18(23)19-11-15-10-13-5-6-14(15)9-13/h13-16H,1-12H2,(H,19,23)/t13-,14-,15+,16+/m0/s1. The number of piperidine rings is 1. The number of nitrogens with zero attached hydrogens (tertiary/aromatic N) is 2. The van der Waals surface area contributed by atoms with Crippen LogP contribution in [0.3, 0.4) is 0 Å². The van der Waals surface area contributed by atoms with Crippen LogP contribution in [0, 0.1) is 17.8 Å². The Hall–Kier alpha value is -1.26. The number of hydrogen-bond donors (Lipinski definition) is 1. The molecule has 2 bridgehead atoms. The van der Waals surface area contributed by atoms with Gasteiger partial charge in [0.05, 0.1) is 0 Å². The molecule has 2 heterocycles. The lowest BCUT2D eigenvalue weighted by Crippen LogP contribution is -2.53. The molecule has 0 radical (unpaired) electrons. The van der Waals surface area contributed by atoms with Gasteiger partial charge in [-0.15, -0.1) is 0 Å². The van der Waals surface area contributed by atoms with Crippen LogP contribution < -0.4 is 5.32 Å². The molecule has 2 saturated carbocycles. The van der Waals surface area contributed by atoms with Gasteiger partial charge in [-0.05, 0) is 56.3 Å². The van der Waals surface area contributed by atoms with Gasteiger partial charge in [0.1, 0.15) is 0 Å². The van der Waals surface area contributed by atoms with Gasteiger partial charge in [0.15, 0.2) is 0 Å². The highest BCUT2D eigenvalue weighted by molar-refractivity contribution is 5.79. The molecule has 1 N–H and O–H groups in total. The minimum absolute atomic E-state index is 0.0871. The van der Waals surface area contributed by atoms with E-state index in [9.17, 15) is 9.59 Å². The third-order valence-corrected chi connectivity index (χ3v) is 6.63. The van der Waals surface area contributed by atoms with Crippen LogP contribution in [0.15, 0.2) is 0 Å². The van der Waals surface area contributed by atoms with E-state index in [0.29, 0.717) is 18.9 Å². The maximum atomic E-state index is 12.5. The summed E-state index contributed by atoms with van der Waals surface area (Å²) in [4.78, 5) is 28.4. The second-order valence-electron chi connectivity index (χ2n) is 8.05. The average Bonchev–Trinajstić information content (AvgIpc) is 3.29. The minimum Gasteiger partial charge on any atom is -0.338 e. The topological polar surface area (TPSA) is 52.7 Å². The van der Waals surface area contributed by atoms with Crippen LogP contribution in [0.4, 0.5) is 4.79 Å².